The van der Waals surface area contributed by atoms with Gasteiger partial charge in [-0.2, -0.15) is 0 Å². The summed E-state index contributed by atoms with van der Waals surface area (Å²) in [6, 6.07) is 3.96. The lowest BCUT2D eigenvalue weighted by Gasteiger charge is -2.35. The van der Waals surface area contributed by atoms with Crippen molar-refractivity contribution in [3.05, 3.63) is 34.6 Å². The zero-order chi connectivity index (χ0) is 14.8. The van der Waals surface area contributed by atoms with E-state index in [1.54, 1.807) is 0 Å². The summed E-state index contributed by atoms with van der Waals surface area (Å²) in [5, 5.41) is 4.04. The second-order valence-electron chi connectivity index (χ2n) is 5.04. The molecule has 0 aromatic carbocycles. The van der Waals surface area contributed by atoms with Crippen LogP contribution in [0.2, 0.25) is 0 Å². The summed E-state index contributed by atoms with van der Waals surface area (Å²) >= 11 is 1.18. The summed E-state index contributed by atoms with van der Waals surface area (Å²) in [6.45, 7) is 3.68. The van der Waals surface area contributed by atoms with E-state index in [1.807, 2.05) is 41.8 Å². The van der Waals surface area contributed by atoms with Crippen LogP contribution in [0, 0.1) is 0 Å². The number of aryl methyl sites for hydroxylation is 2. The molecule has 7 heteroatoms. The van der Waals surface area contributed by atoms with Crippen LogP contribution in [0.4, 0.5) is 0 Å². The third kappa shape index (κ3) is 2.58. The Kier molecular flexibility index (Phi) is 4.03. The molecular weight excluding hydrogens is 288 g/mol. The molecule has 1 atom stereocenters. The van der Waals surface area contributed by atoms with E-state index in [4.69, 9.17) is 4.74 Å². The van der Waals surface area contributed by atoms with Gasteiger partial charge in [0.25, 0.3) is 5.91 Å². The van der Waals surface area contributed by atoms with E-state index in [9.17, 15) is 4.79 Å². The van der Waals surface area contributed by atoms with Gasteiger partial charge in [-0.15, -0.1) is 5.10 Å². The van der Waals surface area contributed by atoms with Crippen molar-refractivity contribution in [3.63, 3.8) is 0 Å². The molecule has 1 amide bonds. The molecular formula is C14H18N4O2S. The van der Waals surface area contributed by atoms with Crippen molar-refractivity contribution in [2.24, 2.45) is 7.05 Å². The predicted octanol–water partition coefficient (Wildman–Crippen LogP) is 1.65. The maximum Gasteiger partial charge on any atom is 0.268 e. The quantitative estimate of drug-likeness (QED) is 0.865. The Hall–Kier alpha value is -1.73. The van der Waals surface area contributed by atoms with Crippen LogP contribution in [-0.2, 0) is 18.2 Å². The largest absolute Gasteiger partial charge is 0.377 e. The monoisotopic (exact) mass is 306 g/mol. The van der Waals surface area contributed by atoms with Crippen LogP contribution in [0.25, 0.3) is 0 Å². The molecule has 1 fully saturated rings. The Morgan fingerprint density at radius 3 is 3.14 bits per heavy atom. The number of hydrogen-bond donors (Lipinski definition) is 0. The molecule has 3 rings (SSSR count). The van der Waals surface area contributed by atoms with Gasteiger partial charge in [0, 0.05) is 25.5 Å². The number of carbonyl (C=O) groups is 1. The van der Waals surface area contributed by atoms with Gasteiger partial charge in [0.05, 0.1) is 24.9 Å². The van der Waals surface area contributed by atoms with Crippen LogP contribution in [0.5, 0.6) is 0 Å². The number of hydrogen-bond acceptors (Lipinski definition) is 5. The Labute approximate surface area is 127 Å². The number of amides is 1. The van der Waals surface area contributed by atoms with Gasteiger partial charge in [0.1, 0.15) is 4.88 Å². The summed E-state index contributed by atoms with van der Waals surface area (Å²) in [5.74, 6) is 0.0105. The number of nitrogens with zero attached hydrogens (tertiary/aromatic N) is 4. The van der Waals surface area contributed by atoms with Gasteiger partial charge in [-0.05, 0) is 30.1 Å². The Bertz CT molecular complexity index is 636. The zero-order valence-corrected chi connectivity index (χ0v) is 13.0. The van der Waals surface area contributed by atoms with Crippen LogP contribution in [0.3, 0.4) is 0 Å². The SMILES string of the molecule is CCc1nnsc1C(=O)N1CCOCC1c1cccn1C. The standard InChI is InChI=1S/C14H18N4O2S/c1-3-10-13(21-16-15-10)14(19)18-7-8-20-9-12(18)11-5-4-6-17(11)2/h4-6,12H,3,7-9H2,1-2H3. The van der Waals surface area contributed by atoms with Gasteiger partial charge in [-0.3, -0.25) is 4.79 Å². The number of aromatic nitrogens is 3. The lowest BCUT2D eigenvalue weighted by molar-refractivity contribution is -0.00443. The molecule has 2 aromatic heterocycles. The maximum atomic E-state index is 12.8. The second-order valence-corrected chi connectivity index (χ2v) is 5.79. The van der Waals surface area contributed by atoms with Gasteiger partial charge >= 0.3 is 0 Å². The number of carbonyl (C=O) groups excluding carboxylic acids is 1. The van der Waals surface area contributed by atoms with Crippen LogP contribution in [0.15, 0.2) is 18.3 Å². The minimum Gasteiger partial charge on any atom is -0.377 e. The molecule has 2 aromatic rings. The van der Waals surface area contributed by atoms with Crippen molar-refractivity contribution in [3.8, 4) is 0 Å². The summed E-state index contributed by atoms with van der Waals surface area (Å²) in [7, 11) is 1.98. The molecule has 0 bridgehead atoms. The maximum absolute atomic E-state index is 12.8. The fraction of sp³-hybridized carbons (Fsp3) is 0.500. The van der Waals surface area contributed by atoms with E-state index in [0.717, 1.165) is 17.8 Å². The van der Waals surface area contributed by atoms with Gasteiger partial charge in [0.2, 0.25) is 0 Å². The summed E-state index contributed by atoms with van der Waals surface area (Å²) in [5.41, 5.74) is 1.86. The molecule has 0 N–H and O–H groups in total. The molecule has 1 aliphatic rings. The van der Waals surface area contributed by atoms with Crippen molar-refractivity contribution in [1.82, 2.24) is 19.1 Å². The first-order valence-electron chi connectivity index (χ1n) is 7.03. The van der Waals surface area contributed by atoms with E-state index in [-0.39, 0.29) is 11.9 Å². The number of morpholine rings is 1. The molecule has 6 nitrogen and oxygen atoms in total. The molecule has 1 saturated heterocycles. The molecule has 3 heterocycles. The molecule has 0 saturated carbocycles. The molecule has 1 aliphatic heterocycles. The third-order valence-corrected chi connectivity index (χ3v) is 4.56. The highest BCUT2D eigenvalue weighted by molar-refractivity contribution is 7.08. The van der Waals surface area contributed by atoms with Gasteiger partial charge in [-0.25, -0.2) is 0 Å². The van der Waals surface area contributed by atoms with E-state index in [0.29, 0.717) is 24.6 Å². The van der Waals surface area contributed by atoms with Gasteiger partial charge in [0.15, 0.2) is 0 Å². The van der Waals surface area contributed by atoms with Gasteiger partial charge < -0.3 is 14.2 Å². The normalized spacial score (nSPS) is 19.0. The van der Waals surface area contributed by atoms with Crippen LogP contribution < -0.4 is 0 Å². The Balaban J connectivity index is 1.91. The topological polar surface area (TPSA) is 60.3 Å². The first kappa shape index (κ1) is 14.2. The fourth-order valence-corrected chi connectivity index (χ4v) is 3.35. The number of ether oxygens (including phenoxy) is 1. The molecule has 112 valence electrons. The smallest absolute Gasteiger partial charge is 0.268 e. The molecule has 0 radical (unpaired) electrons. The predicted molar refractivity (Wildman–Crippen MR) is 79.3 cm³/mol. The molecule has 0 spiro atoms. The van der Waals surface area contributed by atoms with Crippen LogP contribution in [0.1, 0.15) is 34.0 Å². The van der Waals surface area contributed by atoms with E-state index >= 15 is 0 Å². The average molecular weight is 306 g/mol. The Morgan fingerprint density at radius 1 is 1.57 bits per heavy atom. The Morgan fingerprint density at radius 2 is 2.43 bits per heavy atom. The summed E-state index contributed by atoms with van der Waals surface area (Å²) in [4.78, 5) is 15.4. The summed E-state index contributed by atoms with van der Waals surface area (Å²) in [6.07, 6.45) is 2.70. The highest BCUT2D eigenvalue weighted by Crippen LogP contribution is 2.27. The average Bonchev–Trinajstić information content (AvgIpc) is 3.14. The van der Waals surface area contributed by atoms with Crippen molar-refractivity contribution >= 4 is 17.4 Å². The van der Waals surface area contributed by atoms with Crippen molar-refractivity contribution in [1.29, 1.82) is 0 Å². The molecule has 1 unspecified atom stereocenters. The summed E-state index contributed by atoms with van der Waals surface area (Å²) < 4.78 is 11.5. The minimum absolute atomic E-state index is 0.0105. The minimum atomic E-state index is -0.0574. The van der Waals surface area contributed by atoms with Crippen molar-refractivity contribution in [2.45, 2.75) is 19.4 Å². The zero-order valence-electron chi connectivity index (χ0n) is 12.2. The van der Waals surface area contributed by atoms with E-state index < -0.39 is 0 Å². The molecule has 0 aliphatic carbocycles. The van der Waals surface area contributed by atoms with E-state index in [1.165, 1.54) is 11.5 Å². The second kappa shape index (κ2) is 5.95. The lowest BCUT2D eigenvalue weighted by atomic mass is 10.1. The molecule has 21 heavy (non-hydrogen) atoms. The highest BCUT2D eigenvalue weighted by Gasteiger charge is 2.32. The number of rotatable bonds is 3. The fourth-order valence-electron chi connectivity index (χ4n) is 2.65. The lowest BCUT2D eigenvalue weighted by Crippen LogP contribution is -2.44. The van der Waals surface area contributed by atoms with Crippen LogP contribution in [-0.4, -0.2) is 44.7 Å². The van der Waals surface area contributed by atoms with Crippen molar-refractivity contribution < 1.29 is 9.53 Å². The first-order chi connectivity index (χ1) is 10.2. The van der Waals surface area contributed by atoms with Crippen LogP contribution >= 0.6 is 11.5 Å². The highest BCUT2D eigenvalue weighted by atomic mass is 32.1. The third-order valence-electron chi connectivity index (χ3n) is 3.80. The first-order valence-corrected chi connectivity index (χ1v) is 7.81. The van der Waals surface area contributed by atoms with Crippen molar-refractivity contribution in [2.75, 3.05) is 19.8 Å². The van der Waals surface area contributed by atoms with Gasteiger partial charge in [-0.1, -0.05) is 11.4 Å². The van der Waals surface area contributed by atoms with E-state index in [2.05, 4.69) is 9.59 Å².